The summed E-state index contributed by atoms with van der Waals surface area (Å²) in [4.78, 5) is 4.44. The fourth-order valence-electron chi connectivity index (χ4n) is 3.03. The van der Waals surface area contributed by atoms with Gasteiger partial charge in [0.1, 0.15) is 11.6 Å². The van der Waals surface area contributed by atoms with E-state index in [0.717, 1.165) is 32.0 Å². The Morgan fingerprint density at radius 2 is 2.00 bits per heavy atom. The van der Waals surface area contributed by atoms with E-state index in [4.69, 9.17) is 5.73 Å². The first-order valence-electron chi connectivity index (χ1n) is 7.07. The Morgan fingerprint density at radius 3 is 2.55 bits per heavy atom. The summed E-state index contributed by atoms with van der Waals surface area (Å²) < 4.78 is 26.8. The first kappa shape index (κ1) is 15.4. The Balaban J connectivity index is 2.17. The summed E-state index contributed by atoms with van der Waals surface area (Å²) >= 11 is 0. The molecule has 0 amide bonds. The van der Waals surface area contributed by atoms with Crippen LogP contribution in [-0.2, 0) is 0 Å². The molecule has 0 saturated carbocycles. The van der Waals surface area contributed by atoms with Crippen LogP contribution in [0.1, 0.15) is 24.4 Å². The van der Waals surface area contributed by atoms with Gasteiger partial charge < -0.3 is 10.6 Å². The van der Waals surface area contributed by atoms with E-state index in [0.29, 0.717) is 18.2 Å². The Kier molecular flexibility index (Phi) is 5.07. The third kappa shape index (κ3) is 3.53. The zero-order chi connectivity index (χ0) is 14.7. The highest BCUT2D eigenvalue weighted by Crippen LogP contribution is 2.25. The van der Waals surface area contributed by atoms with E-state index in [9.17, 15) is 8.78 Å². The third-order valence-corrected chi connectivity index (χ3v) is 4.16. The smallest absolute Gasteiger partial charge is 0.126 e. The highest BCUT2D eigenvalue weighted by molar-refractivity contribution is 5.22. The Hall–Kier alpha value is -1.04. The normalized spacial score (nSPS) is 22.2. The molecule has 1 saturated heterocycles. The average Bonchev–Trinajstić information content (AvgIpc) is 2.38. The minimum absolute atomic E-state index is 0.156. The van der Waals surface area contributed by atoms with Gasteiger partial charge in [0, 0.05) is 31.2 Å². The van der Waals surface area contributed by atoms with Crippen molar-refractivity contribution in [3.8, 4) is 0 Å². The molecule has 0 aliphatic carbocycles. The summed E-state index contributed by atoms with van der Waals surface area (Å²) in [5.41, 5.74) is 6.46. The summed E-state index contributed by atoms with van der Waals surface area (Å²) in [7, 11) is 4.09. The molecule has 1 aliphatic rings. The van der Waals surface area contributed by atoms with Gasteiger partial charge >= 0.3 is 0 Å². The van der Waals surface area contributed by atoms with Crippen molar-refractivity contribution >= 4 is 0 Å². The van der Waals surface area contributed by atoms with E-state index >= 15 is 0 Å². The summed E-state index contributed by atoms with van der Waals surface area (Å²) in [6, 6.07) is 3.86. The fourth-order valence-corrected chi connectivity index (χ4v) is 3.03. The van der Waals surface area contributed by atoms with E-state index in [1.54, 1.807) is 0 Å². The van der Waals surface area contributed by atoms with Gasteiger partial charge in [-0.2, -0.15) is 0 Å². The topological polar surface area (TPSA) is 32.5 Å². The van der Waals surface area contributed by atoms with E-state index in [1.165, 1.54) is 12.1 Å². The number of likely N-dealkylation sites (tertiary alicyclic amines) is 1. The molecule has 2 N–H and O–H groups in total. The minimum Gasteiger partial charge on any atom is -0.329 e. The summed E-state index contributed by atoms with van der Waals surface area (Å²) in [6.45, 7) is 2.41. The van der Waals surface area contributed by atoms with Crippen LogP contribution in [0, 0.1) is 11.6 Å². The monoisotopic (exact) mass is 283 g/mol. The Morgan fingerprint density at radius 1 is 1.35 bits per heavy atom. The average molecular weight is 283 g/mol. The van der Waals surface area contributed by atoms with Crippen molar-refractivity contribution in [2.75, 3.05) is 33.7 Å². The van der Waals surface area contributed by atoms with Crippen molar-refractivity contribution in [1.82, 2.24) is 9.80 Å². The quantitative estimate of drug-likeness (QED) is 0.917. The lowest BCUT2D eigenvalue weighted by Gasteiger charge is -2.40. The van der Waals surface area contributed by atoms with Crippen molar-refractivity contribution in [3.05, 3.63) is 35.4 Å². The molecular weight excluding hydrogens is 260 g/mol. The second kappa shape index (κ2) is 6.61. The van der Waals surface area contributed by atoms with Crippen LogP contribution in [0.2, 0.25) is 0 Å². The van der Waals surface area contributed by atoms with Crippen molar-refractivity contribution in [2.45, 2.75) is 24.9 Å². The van der Waals surface area contributed by atoms with E-state index < -0.39 is 11.6 Å². The first-order chi connectivity index (χ1) is 9.51. The Bertz CT molecular complexity index is 432. The van der Waals surface area contributed by atoms with E-state index in [2.05, 4.69) is 16.8 Å². The third-order valence-electron chi connectivity index (χ3n) is 4.16. The predicted octanol–water partition coefficient (Wildman–Crippen LogP) is 1.99. The molecule has 2 rings (SSSR count). The van der Waals surface area contributed by atoms with Crippen LogP contribution in [0.15, 0.2) is 18.2 Å². The molecule has 0 radical (unpaired) electrons. The van der Waals surface area contributed by atoms with Crippen LogP contribution in [0.4, 0.5) is 8.78 Å². The maximum atomic E-state index is 13.4. The number of halogens is 2. The lowest BCUT2D eigenvalue weighted by atomic mass is 9.99. The molecule has 2 atom stereocenters. The van der Waals surface area contributed by atoms with Crippen LogP contribution < -0.4 is 5.73 Å². The standard InChI is InChI=1S/C15H23F2N3/c1-19-5-3-4-14(10-19)20(2)15(9-18)11-6-12(16)8-13(17)7-11/h6-8,14-15H,3-5,9-10,18H2,1-2H3. The predicted molar refractivity (Wildman–Crippen MR) is 76.4 cm³/mol. The fraction of sp³-hybridized carbons (Fsp3) is 0.600. The molecule has 0 spiro atoms. The minimum atomic E-state index is -0.549. The molecule has 2 unspecified atom stereocenters. The zero-order valence-electron chi connectivity index (χ0n) is 12.1. The van der Waals surface area contributed by atoms with Gasteiger partial charge in [-0.25, -0.2) is 8.78 Å². The zero-order valence-corrected chi connectivity index (χ0v) is 12.1. The van der Waals surface area contributed by atoms with Gasteiger partial charge in [-0.3, -0.25) is 4.90 Å². The second-order valence-electron chi connectivity index (χ2n) is 5.68. The molecule has 3 nitrogen and oxygen atoms in total. The molecule has 1 fully saturated rings. The van der Waals surface area contributed by atoms with E-state index in [1.807, 2.05) is 7.05 Å². The van der Waals surface area contributed by atoms with Gasteiger partial charge in [-0.15, -0.1) is 0 Å². The number of hydrogen-bond donors (Lipinski definition) is 1. The van der Waals surface area contributed by atoms with Gasteiger partial charge in [-0.1, -0.05) is 0 Å². The Labute approximate surface area is 119 Å². The number of rotatable bonds is 4. The van der Waals surface area contributed by atoms with Crippen LogP contribution >= 0.6 is 0 Å². The molecule has 1 aromatic carbocycles. The van der Waals surface area contributed by atoms with E-state index in [-0.39, 0.29) is 6.04 Å². The van der Waals surface area contributed by atoms with Crippen molar-refractivity contribution in [1.29, 1.82) is 0 Å². The number of nitrogens with two attached hydrogens (primary N) is 1. The van der Waals surface area contributed by atoms with Crippen molar-refractivity contribution < 1.29 is 8.78 Å². The van der Waals surface area contributed by atoms with Gasteiger partial charge in [0.25, 0.3) is 0 Å². The number of nitrogens with zero attached hydrogens (tertiary/aromatic N) is 2. The highest BCUT2D eigenvalue weighted by Gasteiger charge is 2.27. The molecule has 1 heterocycles. The van der Waals surface area contributed by atoms with Crippen LogP contribution in [0.5, 0.6) is 0 Å². The molecule has 20 heavy (non-hydrogen) atoms. The number of benzene rings is 1. The lowest BCUT2D eigenvalue weighted by molar-refractivity contribution is 0.101. The SMILES string of the molecule is CN1CCCC(N(C)C(CN)c2cc(F)cc(F)c2)C1. The maximum Gasteiger partial charge on any atom is 0.126 e. The first-order valence-corrected chi connectivity index (χ1v) is 7.07. The summed E-state index contributed by atoms with van der Waals surface area (Å²) in [6.07, 6.45) is 2.23. The van der Waals surface area contributed by atoms with Gasteiger partial charge in [0.15, 0.2) is 0 Å². The molecule has 1 aromatic rings. The maximum absolute atomic E-state index is 13.4. The number of likely N-dealkylation sites (N-methyl/N-ethyl adjacent to an activating group) is 2. The number of hydrogen-bond acceptors (Lipinski definition) is 3. The summed E-state index contributed by atoms with van der Waals surface area (Å²) in [5.74, 6) is -1.10. The molecule has 0 aromatic heterocycles. The molecule has 5 heteroatoms. The lowest BCUT2D eigenvalue weighted by Crippen LogP contribution is -2.47. The number of piperidine rings is 1. The molecule has 0 bridgehead atoms. The molecular formula is C15H23F2N3. The van der Waals surface area contributed by atoms with Crippen LogP contribution in [0.25, 0.3) is 0 Å². The largest absolute Gasteiger partial charge is 0.329 e. The molecule has 1 aliphatic heterocycles. The van der Waals surface area contributed by atoms with Gasteiger partial charge in [0.2, 0.25) is 0 Å². The van der Waals surface area contributed by atoms with Crippen LogP contribution in [-0.4, -0.2) is 49.6 Å². The summed E-state index contributed by atoms with van der Waals surface area (Å²) in [5, 5.41) is 0. The van der Waals surface area contributed by atoms with Gasteiger partial charge in [-0.05, 0) is 51.2 Å². The van der Waals surface area contributed by atoms with Crippen molar-refractivity contribution in [2.24, 2.45) is 5.73 Å². The highest BCUT2D eigenvalue weighted by atomic mass is 19.1. The van der Waals surface area contributed by atoms with Gasteiger partial charge in [0.05, 0.1) is 0 Å². The van der Waals surface area contributed by atoms with Crippen LogP contribution in [0.3, 0.4) is 0 Å². The second-order valence-corrected chi connectivity index (χ2v) is 5.68. The van der Waals surface area contributed by atoms with Crippen molar-refractivity contribution in [3.63, 3.8) is 0 Å². The molecule has 112 valence electrons.